The Morgan fingerprint density at radius 1 is 0.686 bits per heavy atom. The number of rotatable bonds is 11. The fourth-order valence-electron chi connectivity index (χ4n) is 5.88. The van der Waals surface area contributed by atoms with Crippen LogP contribution >= 0.6 is 22.6 Å². The van der Waals surface area contributed by atoms with E-state index in [4.69, 9.17) is 9.47 Å². The molecule has 1 aromatic heterocycles. The maximum absolute atomic E-state index is 13.0. The second-order valence-corrected chi connectivity index (χ2v) is 15.7. The second kappa shape index (κ2) is 17.2. The van der Waals surface area contributed by atoms with Crippen molar-refractivity contribution in [1.82, 2.24) is 4.57 Å². The standard InChI is InChI=1S/C43H48IN2O4.BrH/c1-8-9-18-38-39(44)46(28-31-21-25-33(26-22-31)35-15-11-13-17-37(35)41(48)50-43(5,6)7)29-45(38)27-30-19-23-32(24-20-30)34-14-10-12-16-36(34)40(47)49-42(2,3)4;/h10-17,19-26,29H,8-9,18,27-28H2,1-7H3;1H/q+1;/p-1. The van der Waals surface area contributed by atoms with Gasteiger partial charge in [-0.05, 0) is 93.5 Å². The molecule has 51 heavy (non-hydrogen) atoms. The predicted octanol–water partition coefficient (Wildman–Crippen LogP) is 7.07. The quantitative estimate of drug-likeness (QED) is 0.0811. The second-order valence-electron chi connectivity index (χ2n) is 14.7. The van der Waals surface area contributed by atoms with E-state index in [0.717, 1.165) is 54.6 Å². The molecular formula is C43H48BrIN2O4. The Balaban J connectivity index is 0.00000583. The van der Waals surface area contributed by atoms with Gasteiger partial charge in [0.1, 0.15) is 24.3 Å². The van der Waals surface area contributed by atoms with Crippen LogP contribution in [0.4, 0.5) is 0 Å². The van der Waals surface area contributed by atoms with Crippen LogP contribution < -0.4 is 21.5 Å². The first-order valence-corrected chi connectivity index (χ1v) is 18.4. The molecule has 0 saturated carbocycles. The molecule has 6 nitrogen and oxygen atoms in total. The zero-order valence-corrected chi connectivity index (χ0v) is 34.4. The molecule has 0 amide bonds. The van der Waals surface area contributed by atoms with Crippen LogP contribution in [0.3, 0.4) is 0 Å². The smallest absolute Gasteiger partial charge is 0.339 e. The molecule has 0 unspecified atom stereocenters. The molecule has 0 saturated heterocycles. The van der Waals surface area contributed by atoms with Gasteiger partial charge in [-0.25, -0.2) is 18.7 Å². The summed E-state index contributed by atoms with van der Waals surface area (Å²) in [6.45, 7) is 15.0. The maximum atomic E-state index is 13.0. The van der Waals surface area contributed by atoms with E-state index in [-0.39, 0.29) is 28.9 Å². The molecule has 0 aliphatic carbocycles. The van der Waals surface area contributed by atoms with Crippen molar-refractivity contribution < 1.29 is 40.6 Å². The number of halogens is 2. The first kappa shape index (κ1) is 40.0. The highest BCUT2D eigenvalue weighted by atomic mass is 127. The summed E-state index contributed by atoms with van der Waals surface area (Å²) >= 11 is 2.49. The van der Waals surface area contributed by atoms with Crippen molar-refractivity contribution in [3.63, 3.8) is 0 Å². The zero-order chi connectivity index (χ0) is 36.1. The lowest BCUT2D eigenvalue weighted by atomic mass is 9.98. The van der Waals surface area contributed by atoms with Crippen molar-refractivity contribution in [1.29, 1.82) is 0 Å². The van der Waals surface area contributed by atoms with E-state index in [1.54, 1.807) is 0 Å². The lowest BCUT2D eigenvalue weighted by molar-refractivity contribution is -0.700. The van der Waals surface area contributed by atoms with Crippen molar-refractivity contribution in [2.75, 3.05) is 0 Å². The Hall–Kier alpha value is -3.76. The SMILES string of the molecule is CCCCc1c(I)[n+](Cc2ccc(-c3ccccc3C(=O)OC(C)(C)C)cc2)cn1Cc1ccc(-c2ccccc2C(=O)OC(C)(C)C)cc1.[Br-]. The molecule has 0 spiro atoms. The van der Waals surface area contributed by atoms with E-state index >= 15 is 0 Å². The van der Waals surface area contributed by atoms with Gasteiger partial charge in [-0.3, -0.25) is 0 Å². The number of hydrogen-bond acceptors (Lipinski definition) is 4. The summed E-state index contributed by atoms with van der Waals surface area (Å²) in [5.74, 6) is -0.632. The number of carbonyl (C=O) groups is 2. The number of aromatic nitrogens is 2. The summed E-state index contributed by atoms with van der Waals surface area (Å²) in [6.07, 6.45) is 5.47. The Morgan fingerprint density at radius 3 is 1.59 bits per heavy atom. The van der Waals surface area contributed by atoms with Gasteiger partial charge in [0.25, 0.3) is 0 Å². The van der Waals surface area contributed by atoms with Gasteiger partial charge in [0.2, 0.25) is 10.0 Å². The highest BCUT2D eigenvalue weighted by Crippen LogP contribution is 2.28. The van der Waals surface area contributed by atoms with E-state index in [9.17, 15) is 9.59 Å². The summed E-state index contributed by atoms with van der Waals surface area (Å²) in [5.41, 5.74) is 7.40. The van der Waals surface area contributed by atoms with Gasteiger partial charge < -0.3 is 26.5 Å². The topological polar surface area (TPSA) is 61.4 Å². The largest absolute Gasteiger partial charge is 1.00 e. The minimum atomic E-state index is -0.562. The van der Waals surface area contributed by atoms with Crippen LogP contribution in [0.1, 0.15) is 98.8 Å². The number of esters is 2. The van der Waals surface area contributed by atoms with Crippen LogP contribution in [0.5, 0.6) is 0 Å². The lowest BCUT2D eigenvalue weighted by Gasteiger charge is -2.20. The van der Waals surface area contributed by atoms with E-state index in [0.29, 0.717) is 11.1 Å². The summed E-state index contributed by atoms with van der Waals surface area (Å²) in [4.78, 5) is 25.9. The molecule has 5 rings (SSSR count). The highest BCUT2D eigenvalue weighted by molar-refractivity contribution is 14.1. The molecule has 0 fully saturated rings. The van der Waals surface area contributed by atoms with Gasteiger partial charge in [0.15, 0.2) is 5.69 Å². The molecule has 0 N–H and O–H groups in total. The van der Waals surface area contributed by atoms with Crippen LogP contribution in [0.15, 0.2) is 103 Å². The van der Waals surface area contributed by atoms with E-state index in [2.05, 4.69) is 93.5 Å². The normalized spacial score (nSPS) is 11.5. The maximum Gasteiger partial charge on any atom is 0.339 e. The van der Waals surface area contributed by atoms with Gasteiger partial charge >= 0.3 is 11.9 Å². The summed E-state index contributed by atoms with van der Waals surface area (Å²) < 4.78 is 17.3. The molecule has 268 valence electrons. The number of imidazole rings is 1. The number of nitrogens with zero attached hydrogens (tertiary/aromatic N) is 2. The van der Waals surface area contributed by atoms with Crippen LogP contribution in [0.2, 0.25) is 0 Å². The first-order valence-electron chi connectivity index (χ1n) is 17.3. The van der Waals surface area contributed by atoms with Crippen molar-refractivity contribution in [2.24, 2.45) is 0 Å². The Morgan fingerprint density at radius 2 is 1.14 bits per heavy atom. The Kier molecular flexibility index (Phi) is 13.5. The summed E-state index contributed by atoms with van der Waals surface area (Å²) in [5, 5.41) is 0. The average Bonchev–Trinajstić information content (AvgIpc) is 3.35. The number of benzene rings is 4. The molecule has 0 aliphatic heterocycles. The zero-order valence-electron chi connectivity index (χ0n) is 30.6. The molecule has 0 atom stereocenters. The molecule has 0 radical (unpaired) electrons. The highest BCUT2D eigenvalue weighted by Gasteiger charge is 2.24. The van der Waals surface area contributed by atoms with Crippen molar-refractivity contribution >= 4 is 34.5 Å². The molecule has 8 heteroatoms. The van der Waals surface area contributed by atoms with Gasteiger partial charge in [-0.15, -0.1) is 0 Å². The van der Waals surface area contributed by atoms with E-state index in [1.165, 1.54) is 20.5 Å². The third-order valence-electron chi connectivity index (χ3n) is 8.21. The number of unbranched alkanes of at least 4 members (excludes halogenated alkanes) is 1. The van der Waals surface area contributed by atoms with Crippen LogP contribution in [-0.2, 0) is 29.0 Å². The summed E-state index contributed by atoms with van der Waals surface area (Å²) in [6, 6.07) is 32.2. The van der Waals surface area contributed by atoms with Crippen LogP contribution in [-0.4, -0.2) is 27.7 Å². The molecule has 0 bridgehead atoms. The monoisotopic (exact) mass is 862 g/mol. The number of hydrogen-bond donors (Lipinski definition) is 0. The number of carbonyl (C=O) groups excluding carboxylic acids is 2. The first-order chi connectivity index (χ1) is 23.7. The van der Waals surface area contributed by atoms with Gasteiger partial charge in [-0.2, -0.15) is 0 Å². The molecule has 0 aliphatic rings. The van der Waals surface area contributed by atoms with Gasteiger partial charge in [-0.1, -0.05) is 98.3 Å². The fraction of sp³-hybridized carbons (Fsp3) is 0.326. The van der Waals surface area contributed by atoms with Crippen LogP contribution in [0, 0.1) is 3.70 Å². The number of ether oxygens (including phenoxy) is 2. The Labute approximate surface area is 327 Å². The third-order valence-corrected chi connectivity index (χ3v) is 9.45. The lowest BCUT2D eigenvalue weighted by Crippen LogP contribution is -3.00. The average molecular weight is 864 g/mol. The van der Waals surface area contributed by atoms with Gasteiger partial charge in [0.05, 0.1) is 11.1 Å². The molecule has 1 heterocycles. The molecular weight excluding hydrogens is 815 g/mol. The minimum Gasteiger partial charge on any atom is -1.00 e. The van der Waals surface area contributed by atoms with E-state index < -0.39 is 11.2 Å². The Bertz CT molecular complexity index is 1950. The molecule has 4 aromatic carbocycles. The van der Waals surface area contributed by atoms with Gasteiger partial charge in [0, 0.05) is 29.0 Å². The summed E-state index contributed by atoms with van der Waals surface area (Å²) in [7, 11) is 0. The fourth-order valence-corrected chi connectivity index (χ4v) is 6.75. The minimum absolute atomic E-state index is 0. The molecule has 5 aromatic rings. The van der Waals surface area contributed by atoms with Crippen molar-refractivity contribution in [3.8, 4) is 22.3 Å². The van der Waals surface area contributed by atoms with Crippen molar-refractivity contribution in [3.05, 3.63) is 135 Å². The predicted molar refractivity (Wildman–Crippen MR) is 208 cm³/mol. The third kappa shape index (κ3) is 10.6. The van der Waals surface area contributed by atoms with E-state index in [1.807, 2.05) is 90.1 Å². The van der Waals surface area contributed by atoms with Crippen molar-refractivity contribution in [2.45, 2.75) is 92.0 Å². The van der Waals surface area contributed by atoms with Crippen LogP contribution in [0.25, 0.3) is 22.3 Å².